The molecule has 1 aromatic carbocycles. The summed E-state index contributed by atoms with van der Waals surface area (Å²) in [5.74, 6) is -0.878. The first kappa shape index (κ1) is 12.1. The standard InChI is InChI=1S/C13H9FN2OS2/c14-7-2-1-3-8(15)12(7)16-13(17)11-6-10-9(19-11)4-5-18-10/h1-6H,15H2,(H,16,17). The second kappa shape index (κ2) is 4.64. The third-order valence-corrected chi connectivity index (χ3v) is 4.74. The summed E-state index contributed by atoms with van der Waals surface area (Å²) in [6.45, 7) is 0. The van der Waals surface area contributed by atoms with Gasteiger partial charge in [0.15, 0.2) is 0 Å². The van der Waals surface area contributed by atoms with Crippen molar-refractivity contribution >= 4 is 49.4 Å². The molecule has 1 amide bonds. The van der Waals surface area contributed by atoms with Crippen LogP contribution in [0.5, 0.6) is 0 Å². The molecule has 0 saturated heterocycles. The van der Waals surface area contributed by atoms with E-state index in [0.29, 0.717) is 4.88 Å². The monoisotopic (exact) mass is 292 g/mol. The Morgan fingerprint density at radius 1 is 1.26 bits per heavy atom. The molecule has 0 bridgehead atoms. The van der Waals surface area contributed by atoms with E-state index in [2.05, 4.69) is 5.32 Å². The van der Waals surface area contributed by atoms with Crippen LogP contribution in [0, 0.1) is 5.82 Å². The van der Waals surface area contributed by atoms with Crippen LogP contribution in [0.1, 0.15) is 9.67 Å². The van der Waals surface area contributed by atoms with Crippen LogP contribution in [0.2, 0.25) is 0 Å². The Morgan fingerprint density at radius 2 is 2.11 bits per heavy atom. The fourth-order valence-electron chi connectivity index (χ4n) is 1.73. The Kier molecular flexibility index (Phi) is 2.96. The van der Waals surface area contributed by atoms with Crippen LogP contribution in [0.3, 0.4) is 0 Å². The lowest BCUT2D eigenvalue weighted by atomic mass is 10.2. The zero-order valence-corrected chi connectivity index (χ0v) is 11.3. The Balaban J connectivity index is 1.91. The maximum atomic E-state index is 13.6. The van der Waals surface area contributed by atoms with Gasteiger partial charge in [0, 0.05) is 9.40 Å². The van der Waals surface area contributed by atoms with E-state index in [1.165, 1.54) is 23.5 Å². The number of fused-ring (bicyclic) bond motifs is 1. The summed E-state index contributed by atoms with van der Waals surface area (Å²) in [6, 6.07) is 8.07. The molecule has 3 nitrogen and oxygen atoms in total. The molecule has 0 atom stereocenters. The lowest BCUT2D eigenvalue weighted by Gasteiger charge is -2.07. The fourth-order valence-corrected chi connectivity index (χ4v) is 3.73. The normalized spacial score (nSPS) is 10.8. The largest absolute Gasteiger partial charge is 0.397 e. The Bertz CT molecular complexity index is 714. The third kappa shape index (κ3) is 2.20. The minimum absolute atomic E-state index is 0.0317. The molecule has 6 heteroatoms. The molecule has 2 heterocycles. The zero-order chi connectivity index (χ0) is 13.4. The number of para-hydroxylation sites is 1. The van der Waals surface area contributed by atoms with Crippen LogP contribution >= 0.6 is 22.7 Å². The SMILES string of the molecule is Nc1cccc(F)c1NC(=O)c1cc2sccc2s1. The Morgan fingerprint density at radius 3 is 2.84 bits per heavy atom. The maximum Gasteiger partial charge on any atom is 0.265 e. The second-order valence-corrected chi connectivity index (χ2v) is 5.95. The van der Waals surface area contributed by atoms with Crippen molar-refractivity contribution in [2.24, 2.45) is 0 Å². The van der Waals surface area contributed by atoms with E-state index in [0.717, 1.165) is 9.40 Å². The van der Waals surface area contributed by atoms with Gasteiger partial charge in [-0.15, -0.1) is 22.7 Å². The summed E-state index contributed by atoms with van der Waals surface area (Å²) in [6.07, 6.45) is 0. The number of nitrogens with one attached hydrogen (secondary N) is 1. The molecule has 0 saturated carbocycles. The average Bonchev–Trinajstić information content (AvgIpc) is 2.94. The number of amides is 1. The molecule has 2 aromatic heterocycles. The van der Waals surface area contributed by atoms with Gasteiger partial charge in [0.2, 0.25) is 0 Å². The smallest absolute Gasteiger partial charge is 0.265 e. The third-order valence-electron chi connectivity index (χ3n) is 2.65. The molecule has 0 aliphatic heterocycles. The van der Waals surface area contributed by atoms with Gasteiger partial charge in [-0.3, -0.25) is 4.79 Å². The van der Waals surface area contributed by atoms with Gasteiger partial charge >= 0.3 is 0 Å². The van der Waals surface area contributed by atoms with Crippen LogP contribution in [-0.4, -0.2) is 5.91 Å². The number of nitrogens with two attached hydrogens (primary N) is 1. The summed E-state index contributed by atoms with van der Waals surface area (Å²) in [4.78, 5) is 12.6. The van der Waals surface area contributed by atoms with Crippen molar-refractivity contribution in [3.8, 4) is 0 Å². The minimum Gasteiger partial charge on any atom is -0.397 e. The van der Waals surface area contributed by atoms with Gasteiger partial charge in [-0.2, -0.15) is 0 Å². The van der Waals surface area contributed by atoms with E-state index >= 15 is 0 Å². The first-order valence-corrected chi connectivity index (χ1v) is 7.17. The van der Waals surface area contributed by atoms with Crippen molar-refractivity contribution in [2.45, 2.75) is 0 Å². The molecule has 96 valence electrons. The summed E-state index contributed by atoms with van der Waals surface area (Å²) < 4.78 is 15.7. The van der Waals surface area contributed by atoms with E-state index in [9.17, 15) is 9.18 Å². The number of rotatable bonds is 2. The van der Waals surface area contributed by atoms with Crippen LogP contribution < -0.4 is 11.1 Å². The van der Waals surface area contributed by atoms with Crippen LogP contribution in [0.25, 0.3) is 9.40 Å². The fraction of sp³-hybridized carbons (Fsp3) is 0. The number of halogens is 1. The number of thiophene rings is 2. The summed E-state index contributed by atoms with van der Waals surface area (Å²) in [7, 11) is 0. The Labute approximate surface area is 116 Å². The van der Waals surface area contributed by atoms with Gasteiger partial charge in [-0.25, -0.2) is 4.39 Å². The van der Waals surface area contributed by atoms with Gasteiger partial charge in [-0.1, -0.05) is 6.07 Å². The average molecular weight is 292 g/mol. The van der Waals surface area contributed by atoms with Crippen molar-refractivity contribution in [3.63, 3.8) is 0 Å². The summed E-state index contributed by atoms with van der Waals surface area (Å²) in [5, 5.41) is 4.49. The molecule has 3 aromatic rings. The highest BCUT2D eigenvalue weighted by Gasteiger charge is 2.14. The molecule has 0 unspecified atom stereocenters. The predicted octanol–water partition coefficient (Wildman–Crippen LogP) is 3.94. The maximum absolute atomic E-state index is 13.6. The Hall–Kier alpha value is -1.92. The second-order valence-electron chi connectivity index (χ2n) is 3.92. The number of anilines is 2. The lowest BCUT2D eigenvalue weighted by molar-refractivity contribution is 0.103. The van der Waals surface area contributed by atoms with Crippen molar-refractivity contribution in [2.75, 3.05) is 11.1 Å². The van der Waals surface area contributed by atoms with Crippen molar-refractivity contribution in [1.29, 1.82) is 0 Å². The van der Waals surface area contributed by atoms with Gasteiger partial charge in [0.05, 0.1) is 10.6 Å². The predicted molar refractivity (Wildman–Crippen MR) is 78.5 cm³/mol. The van der Waals surface area contributed by atoms with Crippen LogP contribution in [0.15, 0.2) is 35.7 Å². The highest BCUT2D eigenvalue weighted by molar-refractivity contribution is 7.27. The molecule has 0 spiro atoms. The van der Waals surface area contributed by atoms with E-state index in [4.69, 9.17) is 5.73 Å². The number of hydrogen-bond donors (Lipinski definition) is 2. The van der Waals surface area contributed by atoms with Crippen LogP contribution in [-0.2, 0) is 0 Å². The first-order chi connectivity index (χ1) is 9.15. The topological polar surface area (TPSA) is 55.1 Å². The number of carbonyl (C=O) groups is 1. The molecule has 3 N–H and O–H groups in total. The van der Waals surface area contributed by atoms with Gasteiger partial charge in [-0.05, 0) is 29.6 Å². The summed E-state index contributed by atoms with van der Waals surface area (Å²) in [5.41, 5.74) is 5.90. The number of hydrogen-bond acceptors (Lipinski definition) is 4. The van der Waals surface area contributed by atoms with Crippen molar-refractivity contribution < 1.29 is 9.18 Å². The van der Waals surface area contributed by atoms with Gasteiger partial charge < -0.3 is 11.1 Å². The van der Waals surface area contributed by atoms with Crippen molar-refractivity contribution in [1.82, 2.24) is 0 Å². The van der Waals surface area contributed by atoms with Gasteiger partial charge in [0.1, 0.15) is 11.5 Å². The molecule has 0 aliphatic carbocycles. The minimum atomic E-state index is -0.535. The molecule has 0 aliphatic rings. The molecular weight excluding hydrogens is 283 g/mol. The molecule has 0 fully saturated rings. The number of nitrogen functional groups attached to an aromatic ring is 1. The van der Waals surface area contributed by atoms with E-state index < -0.39 is 5.82 Å². The lowest BCUT2D eigenvalue weighted by Crippen LogP contribution is -2.13. The first-order valence-electron chi connectivity index (χ1n) is 5.47. The van der Waals surface area contributed by atoms with Gasteiger partial charge in [0.25, 0.3) is 5.91 Å². The molecule has 3 rings (SSSR count). The molecular formula is C13H9FN2OS2. The van der Waals surface area contributed by atoms with E-state index in [1.807, 2.05) is 11.4 Å². The quantitative estimate of drug-likeness (QED) is 0.703. The number of benzene rings is 1. The summed E-state index contributed by atoms with van der Waals surface area (Å²) >= 11 is 2.95. The highest BCUT2D eigenvalue weighted by Crippen LogP contribution is 2.31. The molecule has 0 radical (unpaired) electrons. The molecule has 19 heavy (non-hydrogen) atoms. The number of carbonyl (C=O) groups excluding carboxylic acids is 1. The van der Waals surface area contributed by atoms with Crippen molar-refractivity contribution in [3.05, 3.63) is 46.4 Å². The van der Waals surface area contributed by atoms with E-state index in [-0.39, 0.29) is 17.3 Å². The highest BCUT2D eigenvalue weighted by atomic mass is 32.1. The zero-order valence-electron chi connectivity index (χ0n) is 9.64. The van der Waals surface area contributed by atoms with Crippen LogP contribution in [0.4, 0.5) is 15.8 Å². The van der Waals surface area contributed by atoms with E-state index in [1.54, 1.807) is 23.5 Å².